The van der Waals surface area contributed by atoms with Gasteiger partial charge >= 0.3 is 30.1 Å². The monoisotopic (exact) mass is 594 g/mol. The summed E-state index contributed by atoms with van der Waals surface area (Å²) in [4.78, 5) is 11.0. The zero-order valence-electron chi connectivity index (χ0n) is 16.7. The second-order valence-electron chi connectivity index (χ2n) is 6.96. The number of carbonyl (C=O) groups excluding carboxylic acids is 1. The van der Waals surface area contributed by atoms with E-state index in [0.29, 0.717) is 0 Å². The van der Waals surface area contributed by atoms with Gasteiger partial charge in [0, 0.05) is 11.6 Å². The number of hydrogen-bond acceptors (Lipinski definition) is 1. The SMILES string of the molecule is O=C1C=C(F)/C(=C(\c2c(F)c(F)c(F)c(F)c2C(F)(F)C(F)(F)C(F)(F)F)C(F)(F)C(F)(F)F)C(F)=C1F. The average Bonchev–Trinajstić information content (AvgIpc) is 2.74. The number of hydrogen-bond donors (Lipinski definition) is 0. The molecule has 1 nitrogen and oxygen atoms in total. The van der Waals surface area contributed by atoms with Crippen molar-refractivity contribution in [1.29, 1.82) is 0 Å². The highest BCUT2D eigenvalue weighted by molar-refractivity contribution is 6.07. The molecule has 0 aliphatic heterocycles. The maximum atomic E-state index is 14.5. The third-order valence-electron chi connectivity index (χ3n) is 4.63. The third kappa shape index (κ3) is 4.30. The van der Waals surface area contributed by atoms with E-state index in [9.17, 15) is 88.2 Å². The largest absolute Gasteiger partial charge is 0.460 e. The molecule has 0 bridgehead atoms. The van der Waals surface area contributed by atoms with Gasteiger partial charge in [-0.15, -0.1) is 0 Å². The lowest BCUT2D eigenvalue weighted by molar-refractivity contribution is -0.360. The van der Waals surface area contributed by atoms with E-state index < -0.39 is 105 Å². The quantitative estimate of drug-likeness (QED) is 0.196. The highest BCUT2D eigenvalue weighted by atomic mass is 19.4. The Bertz CT molecular complexity index is 1290. The molecule has 0 aromatic heterocycles. The van der Waals surface area contributed by atoms with Crippen molar-refractivity contribution in [3.63, 3.8) is 0 Å². The Kier molecular flexibility index (Phi) is 7.28. The standard InChI is InChI=1S/C18HF19O/c19-2-1-3(38)8(20)9(21)4(2)6(15(28,29)17(32,33)34)5-7(11(23)13(25)12(24)10(5)22)14(26,27)16(30,31)18(35,36)37/h1H/b6-4-. The number of alkyl halides is 12. The highest BCUT2D eigenvalue weighted by Crippen LogP contribution is 2.58. The van der Waals surface area contributed by atoms with Crippen LogP contribution >= 0.6 is 0 Å². The normalized spacial score (nSPS) is 17.8. The summed E-state index contributed by atoms with van der Waals surface area (Å²) in [5.74, 6) is -50.9. The van der Waals surface area contributed by atoms with Crippen molar-refractivity contribution < 1.29 is 88.2 Å². The van der Waals surface area contributed by atoms with Gasteiger partial charge in [-0.05, 0) is 0 Å². The Hall–Kier alpha value is -3.22. The molecular formula is C18HF19O. The van der Waals surface area contributed by atoms with Gasteiger partial charge in [0.15, 0.2) is 29.1 Å². The molecule has 0 saturated heterocycles. The van der Waals surface area contributed by atoms with Crippen LogP contribution in [0.25, 0.3) is 5.57 Å². The molecule has 0 spiro atoms. The van der Waals surface area contributed by atoms with Crippen molar-refractivity contribution >= 4 is 11.4 Å². The summed E-state index contributed by atoms with van der Waals surface area (Å²) in [6.45, 7) is 0. The first kappa shape index (κ1) is 31.0. The fourth-order valence-corrected chi connectivity index (χ4v) is 2.88. The van der Waals surface area contributed by atoms with Crippen LogP contribution in [0.3, 0.4) is 0 Å². The maximum absolute atomic E-state index is 14.5. The van der Waals surface area contributed by atoms with Crippen LogP contribution in [0, 0.1) is 23.3 Å². The van der Waals surface area contributed by atoms with Crippen molar-refractivity contribution in [3.05, 3.63) is 63.5 Å². The van der Waals surface area contributed by atoms with Crippen molar-refractivity contribution in [2.45, 2.75) is 30.1 Å². The van der Waals surface area contributed by atoms with Crippen molar-refractivity contribution in [2.24, 2.45) is 0 Å². The molecule has 0 N–H and O–H groups in total. The highest BCUT2D eigenvalue weighted by Gasteiger charge is 2.75. The summed E-state index contributed by atoms with van der Waals surface area (Å²) >= 11 is 0. The van der Waals surface area contributed by atoms with Crippen LogP contribution in [0.1, 0.15) is 11.1 Å². The van der Waals surface area contributed by atoms with Gasteiger partial charge in [-0.2, -0.15) is 57.1 Å². The maximum Gasteiger partial charge on any atom is 0.460 e. The van der Waals surface area contributed by atoms with E-state index >= 15 is 0 Å². The molecule has 1 aliphatic rings. The third-order valence-corrected chi connectivity index (χ3v) is 4.63. The fourth-order valence-electron chi connectivity index (χ4n) is 2.88. The molecule has 20 heteroatoms. The Morgan fingerprint density at radius 3 is 1.45 bits per heavy atom. The van der Waals surface area contributed by atoms with E-state index in [0.717, 1.165) is 0 Å². The van der Waals surface area contributed by atoms with Crippen LogP contribution < -0.4 is 0 Å². The molecule has 38 heavy (non-hydrogen) atoms. The molecule has 0 radical (unpaired) electrons. The Morgan fingerprint density at radius 1 is 0.579 bits per heavy atom. The predicted octanol–water partition coefficient (Wildman–Crippen LogP) is 8.07. The van der Waals surface area contributed by atoms with Crippen molar-refractivity contribution in [3.8, 4) is 0 Å². The fraction of sp³-hybridized carbons (Fsp3) is 0.278. The molecule has 0 fully saturated rings. The van der Waals surface area contributed by atoms with Crippen LogP contribution in [0.4, 0.5) is 83.4 Å². The summed E-state index contributed by atoms with van der Waals surface area (Å²) in [5.41, 5.74) is -16.3. The lowest BCUT2D eigenvalue weighted by atomic mass is 9.83. The van der Waals surface area contributed by atoms with Gasteiger partial charge in [0.1, 0.15) is 5.83 Å². The van der Waals surface area contributed by atoms with Gasteiger partial charge in [-0.3, -0.25) is 4.79 Å². The van der Waals surface area contributed by atoms with Gasteiger partial charge in [0.25, 0.3) is 0 Å². The minimum atomic E-state index is -7.81. The van der Waals surface area contributed by atoms with Crippen LogP contribution in [0.5, 0.6) is 0 Å². The van der Waals surface area contributed by atoms with E-state index in [2.05, 4.69) is 0 Å². The van der Waals surface area contributed by atoms with Crippen LogP contribution in [0.15, 0.2) is 29.1 Å². The van der Waals surface area contributed by atoms with Crippen LogP contribution in [-0.4, -0.2) is 30.0 Å². The lowest BCUT2D eigenvalue weighted by Gasteiger charge is -2.33. The number of benzene rings is 1. The van der Waals surface area contributed by atoms with Gasteiger partial charge in [-0.1, -0.05) is 0 Å². The first-order valence-corrected chi connectivity index (χ1v) is 8.62. The van der Waals surface area contributed by atoms with E-state index in [1.807, 2.05) is 0 Å². The molecule has 0 saturated carbocycles. The van der Waals surface area contributed by atoms with Crippen LogP contribution in [0.2, 0.25) is 0 Å². The minimum Gasteiger partial charge on any atom is -0.286 e. The number of rotatable bonds is 4. The average molecular weight is 594 g/mol. The number of carbonyl (C=O) groups is 1. The van der Waals surface area contributed by atoms with E-state index in [1.54, 1.807) is 0 Å². The summed E-state index contributed by atoms with van der Waals surface area (Å²) < 4.78 is 259. The summed E-state index contributed by atoms with van der Waals surface area (Å²) in [5, 5.41) is 0. The minimum absolute atomic E-state index is 1.02. The molecule has 0 atom stereocenters. The lowest BCUT2D eigenvalue weighted by Crippen LogP contribution is -2.51. The second kappa shape index (κ2) is 8.92. The zero-order chi connectivity index (χ0) is 30.1. The Labute approximate surface area is 194 Å². The molecule has 1 aromatic carbocycles. The van der Waals surface area contributed by atoms with E-state index in [1.165, 1.54) is 0 Å². The van der Waals surface area contributed by atoms with E-state index in [-0.39, 0.29) is 0 Å². The first-order valence-electron chi connectivity index (χ1n) is 8.62. The zero-order valence-corrected chi connectivity index (χ0v) is 16.7. The van der Waals surface area contributed by atoms with Gasteiger partial charge < -0.3 is 0 Å². The second-order valence-corrected chi connectivity index (χ2v) is 6.96. The van der Waals surface area contributed by atoms with E-state index in [4.69, 9.17) is 0 Å². The van der Waals surface area contributed by atoms with Crippen LogP contribution in [-0.2, 0) is 10.7 Å². The molecule has 2 rings (SSSR count). The molecule has 212 valence electrons. The first-order chi connectivity index (χ1) is 16.8. The van der Waals surface area contributed by atoms with Gasteiger partial charge in [0.2, 0.25) is 11.6 Å². The molecule has 1 aromatic rings. The van der Waals surface area contributed by atoms with Gasteiger partial charge in [0.05, 0.1) is 16.7 Å². The molecular weight excluding hydrogens is 593 g/mol. The number of ketones is 1. The predicted molar refractivity (Wildman–Crippen MR) is 82.5 cm³/mol. The molecule has 1 aliphatic carbocycles. The summed E-state index contributed by atoms with van der Waals surface area (Å²) in [7, 11) is 0. The smallest absolute Gasteiger partial charge is 0.286 e. The van der Waals surface area contributed by atoms with Crippen molar-refractivity contribution in [2.75, 3.05) is 0 Å². The number of allylic oxidation sites excluding steroid dienone is 6. The number of halogens is 19. The van der Waals surface area contributed by atoms with Gasteiger partial charge in [-0.25, -0.2) is 26.3 Å². The Balaban J connectivity index is 3.43. The molecule has 0 unspecified atom stereocenters. The van der Waals surface area contributed by atoms with Crippen molar-refractivity contribution in [1.82, 2.24) is 0 Å². The Morgan fingerprint density at radius 2 is 1.03 bits per heavy atom. The molecule has 0 heterocycles. The molecule has 0 amide bonds. The summed E-state index contributed by atoms with van der Waals surface area (Å²) in [6.07, 6.45) is -16.1. The topological polar surface area (TPSA) is 17.1 Å². The summed E-state index contributed by atoms with van der Waals surface area (Å²) in [6, 6.07) is 0.